The number of imide groups is 1. The zero-order valence-electron chi connectivity index (χ0n) is 22.1. The lowest BCUT2D eigenvalue weighted by molar-refractivity contribution is -0.143. The molecule has 35 heavy (non-hydrogen) atoms. The minimum Gasteiger partial charge on any atom is -0.481 e. The first-order valence-corrected chi connectivity index (χ1v) is 13.8. The predicted octanol–water partition coefficient (Wildman–Crippen LogP) is 6.97. The number of nitrogens with zero attached hydrogens (tertiary/aromatic N) is 1. The average molecular weight is 489 g/mol. The predicted molar refractivity (Wildman–Crippen MR) is 142 cm³/mol. The van der Waals surface area contributed by atoms with Gasteiger partial charge in [0.05, 0.1) is 6.42 Å². The summed E-state index contributed by atoms with van der Waals surface area (Å²) in [6, 6.07) is 9.19. The molecule has 1 aromatic rings. The number of carboxylic acid groups (broad SMARTS) is 1. The zero-order valence-corrected chi connectivity index (χ0v) is 22.1. The fourth-order valence-electron chi connectivity index (χ4n) is 4.48. The number of carbonyl (C=O) groups excluding carboxylic acids is 2. The molecule has 3 amide bonds. The number of carbonyl (C=O) groups is 3. The van der Waals surface area contributed by atoms with E-state index in [0.717, 1.165) is 24.8 Å². The summed E-state index contributed by atoms with van der Waals surface area (Å²) < 4.78 is 0. The number of unbranched alkanes of at least 4 members (excludes halogenated alkanes) is 12. The van der Waals surface area contributed by atoms with Crippen molar-refractivity contribution in [1.29, 1.82) is 0 Å². The fourth-order valence-corrected chi connectivity index (χ4v) is 4.48. The molecule has 0 saturated carbocycles. The molecule has 0 spiro atoms. The standard InChI is InChI=1S/C29H48N2O4/c1-3-4-5-6-7-8-9-10-11-12-13-14-18-21-26(24-27(32)33)28(34)31(29(35)30-2)23-22-25-19-16-15-17-20-25/h15-17,19-20,26H,3-14,18,21-24H2,1-2H3,(H,30,35)(H,32,33). The third-order valence-corrected chi connectivity index (χ3v) is 6.62. The van der Waals surface area contributed by atoms with Gasteiger partial charge in [-0.3, -0.25) is 14.5 Å². The maximum atomic E-state index is 13.2. The quantitative estimate of drug-likeness (QED) is 0.194. The Bertz CT molecular complexity index is 708. The van der Waals surface area contributed by atoms with Gasteiger partial charge >= 0.3 is 12.0 Å². The van der Waals surface area contributed by atoms with Crippen molar-refractivity contribution >= 4 is 17.9 Å². The lowest BCUT2D eigenvalue weighted by Gasteiger charge is -2.25. The number of rotatable bonds is 20. The Balaban J connectivity index is 2.38. The number of hydrogen-bond acceptors (Lipinski definition) is 3. The van der Waals surface area contributed by atoms with E-state index in [4.69, 9.17) is 0 Å². The highest BCUT2D eigenvalue weighted by Crippen LogP contribution is 2.20. The number of urea groups is 1. The van der Waals surface area contributed by atoms with Crippen LogP contribution in [0.4, 0.5) is 4.79 Å². The largest absolute Gasteiger partial charge is 0.481 e. The van der Waals surface area contributed by atoms with Crippen LogP contribution in [-0.2, 0) is 16.0 Å². The second-order valence-electron chi connectivity index (χ2n) is 9.61. The van der Waals surface area contributed by atoms with Gasteiger partial charge in [-0.15, -0.1) is 0 Å². The SMILES string of the molecule is CCCCCCCCCCCCCCCC(CC(=O)O)C(=O)N(CCc1ccccc1)C(=O)NC. The third-order valence-electron chi connectivity index (χ3n) is 6.62. The van der Waals surface area contributed by atoms with E-state index in [9.17, 15) is 19.5 Å². The van der Waals surface area contributed by atoms with Gasteiger partial charge in [0.25, 0.3) is 0 Å². The summed E-state index contributed by atoms with van der Waals surface area (Å²) in [5.74, 6) is -2.06. The summed E-state index contributed by atoms with van der Waals surface area (Å²) in [5.41, 5.74) is 1.03. The van der Waals surface area contributed by atoms with Gasteiger partial charge in [0.1, 0.15) is 0 Å². The third kappa shape index (κ3) is 14.6. The van der Waals surface area contributed by atoms with Gasteiger partial charge in [0.2, 0.25) is 5.91 Å². The lowest BCUT2D eigenvalue weighted by Crippen LogP contribution is -2.46. The summed E-state index contributed by atoms with van der Waals surface area (Å²) in [6.07, 6.45) is 16.8. The van der Waals surface area contributed by atoms with E-state index in [1.165, 1.54) is 76.2 Å². The van der Waals surface area contributed by atoms with Crippen molar-refractivity contribution in [3.05, 3.63) is 35.9 Å². The summed E-state index contributed by atoms with van der Waals surface area (Å²) in [6.45, 7) is 2.48. The zero-order chi connectivity index (χ0) is 25.7. The molecule has 2 N–H and O–H groups in total. The molecule has 1 rings (SSSR count). The molecule has 1 atom stereocenters. The van der Waals surface area contributed by atoms with Gasteiger partial charge in [0, 0.05) is 19.5 Å². The molecule has 0 bridgehead atoms. The molecule has 0 aromatic heterocycles. The molecule has 6 nitrogen and oxygen atoms in total. The van der Waals surface area contributed by atoms with E-state index in [0.29, 0.717) is 12.8 Å². The number of amides is 3. The van der Waals surface area contributed by atoms with Crippen LogP contribution in [0.15, 0.2) is 30.3 Å². The molecule has 1 aromatic carbocycles. The maximum Gasteiger partial charge on any atom is 0.323 e. The molecular weight excluding hydrogens is 440 g/mol. The van der Waals surface area contributed by atoms with Crippen molar-refractivity contribution in [2.45, 2.75) is 110 Å². The van der Waals surface area contributed by atoms with Crippen LogP contribution in [0.1, 0.15) is 109 Å². The summed E-state index contributed by atoms with van der Waals surface area (Å²) in [5, 5.41) is 11.9. The fraction of sp³-hybridized carbons (Fsp3) is 0.690. The molecule has 6 heteroatoms. The molecule has 0 aliphatic rings. The Morgan fingerprint density at radius 3 is 1.83 bits per heavy atom. The van der Waals surface area contributed by atoms with Crippen LogP contribution in [-0.4, -0.2) is 41.5 Å². The Hall–Kier alpha value is -2.37. The van der Waals surface area contributed by atoms with Crippen molar-refractivity contribution in [2.24, 2.45) is 5.92 Å². The highest BCUT2D eigenvalue weighted by Gasteiger charge is 2.29. The topological polar surface area (TPSA) is 86.7 Å². The van der Waals surface area contributed by atoms with Crippen molar-refractivity contribution in [2.75, 3.05) is 13.6 Å². The monoisotopic (exact) mass is 488 g/mol. The molecule has 0 radical (unpaired) electrons. The van der Waals surface area contributed by atoms with Crippen LogP contribution in [0, 0.1) is 5.92 Å². The molecular formula is C29H48N2O4. The van der Waals surface area contributed by atoms with E-state index in [1.54, 1.807) is 0 Å². The van der Waals surface area contributed by atoms with E-state index >= 15 is 0 Å². The van der Waals surface area contributed by atoms with Crippen LogP contribution >= 0.6 is 0 Å². The van der Waals surface area contributed by atoms with Crippen LogP contribution in [0.5, 0.6) is 0 Å². The molecule has 0 aliphatic carbocycles. The van der Waals surface area contributed by atoms with Crippen LogP contribution < -0.4 is 5.32 Å². The van der Waals surface area contributed by atoms with Crippen molar-refractivity contribution < 1.29 is 19.5 Å². The Morgan fingerprint density at radius 1 is 0.829 bits per heavy atom. The number of hydrogen-bond donors (Lipinski definition) is 2. The smallest absolute Gasteiger partial charge is 0.323 e. The average Bonchev–Trinajstić information content (AvgIpc) is 2.86. The Morgan fingerprint density at radius 2 is 1.34 bits per heavy atom. The van der Waals surface area contributed by atoms with E-state index in [-0.39, 0.29) is 18.9 Å². The number of aliphatic carboxylic acids is 1. The Kier molecular flexibility index (Phi) is 17.4. The first kappa shape index (κ1) is 30.7. The first-order chi connectivity index (χ1) is 17.0. The van der Waals surface area contributed by atoms with Gasteiger partial charge in [0.15, 0.2) is 0 Å². The summed E-state index contributed by atoms with van der Waals surface area (Å²) >= 11 is 0. The van der Waals surface area contributed by atoms with Gasteiger partial charge in [-0.2, -0.15) is 0 Å². The van der Waals surface area contributed by atoms with Crippen LogP contribution in [0.2, 0.25) is 0 Å². The number of nitrogens with one attached hydrogen (secondary N) is 1. The minimum absolute atomic E-state index is 0.233. The lowest BCUT2D eigenvalue weighted by atomic mass is 9.95. The van der Waals surface area contributed by atoms with Gasteiger partial charge in [-0.05, 0) is 18.4 Å². The highest BCUT2D eigenvalue weighted by atomic mass is 16.4. The second-order valence-corrected chi connectivity index (χ2v) is 9.61. The molecule has 0 saturated heterocycles. The number of benzene rings is 1. The minimum atomic E-state index is -1.00. The van der Waals surface area contributed by atoms with Crippen molar-refractivity contribution in [1.82, 2.24) is 10.2 Å². The summed E-state index contributed by atoms with van der Waals surface area (Å²) in [7, 11) is 1.49. The van der Waals surface area contributed by atoms with E-state index < -0.39 is 17.9 Å². The van der Waals surface area contributed by atoms with Crippen LogP contribution in [0.3, 0.4) is 0 Å². The van der Waals surface area contributed by atoms with Crippen molar-refractivity contribution in [3.63, 3.8) is 0 Å². The normalized spacial score (nSPS) is 11.7. The van der Waals surface area contributed by atoms with E-state index in [2.05, 4.69) is 12.2 Å². The summed E-state index contributed by atoms with van der Waals surface area (Å²) in [4.78, 5) is 38.2. The highest BCUT2D eigenvalue weighted by molar-refractivity contribution is 5.96. The van der Waals surface area contributed by atoms with Gasteiger partial charge in [-0.1, -0.05) is 121 Å². The first-order valence-electron chi connectivity index (χ1n) is 13.8. The van der Waals surface area contributed by atoms with Crippen LogP contribution in [0.25, 0.3) is 0 Å². The van der Waals surface area contributed by atoms with Gasteiger partial charge < -0.3 is 10.4 Å². The molecule has 198 valence electrons. The molecule has 1 unspecified atom stereocenters. The number of carboxylic acids is 1. The van der Waals surface area contributed by atoms with Crippen molar-refractivity contribution in [3.8, 4) is 0 Å². The van der Waals surface area contributed by atoms with E-state index in [1.807, 2.05) is 30.3 Å². The molecule has 0 fully saturated rings. The maximum absolute atomic E-state index is 13.2. The van der Waals surface area contributed by atoms with Gasteiger partial charge in [-0.25, -0.2) is 4.79 Å². The molecule has 0 heterocycles. The second kappa shape index (κ2) is 19.9. The molecule has 0 aliphatic heterocycles. The Labute approximate surface area is 212 Å².